The van der Waals surface area contributed by atoms with Gasteiger partial charge in [-0.05, 0) is 52.2 Å². The second kappa shape index (κ2) is 6.63. The maximum Gasteiger partial charge on any atom is 0.394 e. The molecule has 2 amide bonds. The summed E-state index contributed by atoms with van der Waals surface area (Å²) in [4.78, 5) is 20.6. The Morgan fingerprint density at radius 1 is 1.23 bits per heavy atom. The average molecular weight is 370 g/mol. The van der Waals surface area contributed by atoms with Crippen molar-refractivity contribution in [2.45, 2.75) is 51.7 Å². The number of anilines is 2. The first-order chi connectivity index (χ1) is 12.1. The Labute approximate surface area is 151 Å². The van der Waals surface area contributed by atoms with Gasteiger partial charge in [-0.2, -0.15) is 13.2 Å². The molecule has 2 aliphatic heterocycles. The molecule has 144 valence electrons. The molecule has 2 aliphatic rings. The van der Waals surface area contributed by atoms with E-state index in [4.69, 9.17) is 0 Å². The molecule has 26 heavy (non-hydrogen) atoms. The van der Waals surface area contributed by atoms with Crippen molar-refractivity contribution in [2.75, 3.05) is 29.9 Å². The number of nitrogens with one attached hydrogen (secondary N) is 1. The Balaban J connectivity index is 1.72. The maximum atomic E-state index is 13.2. The van der Waals surface area contributed by atoms with Gasteiger partial charge in [-0.1, -0.05) is 0 Å². The molecule has 0 saturated carbocycles. The van der Waals surface area contributed by atoms with Gasteiger partial charge in [0, 0.05) is 19.6 Å². The lowest BCUT2D eigenvalue weighted by molar-refractivity contribution is -0.189. The lowest BCUT2D eigenvalue weighted by Gasteiger charge is -2.36. The van der Waals surface area contributed by atoms with E-state index in [1.54, 1.807) is 13.0 Å². The lowest BCUT2D eigenvalue weighted by Crippen LogP contribution is -2.51. The van der Waals surface area contributed by atoms with E-state index in [9.17, 15) is 18.0 Å². The van der Waals surface area contributed by atoms with Crippen molar-refractivity contribution in [3.63, 3.8) is 0 Å². The van der Waals surface area contributed by atoms with Crippen molar-refractivity contribution >= 4 is 17.5 Å². The number of likely N-dealkylation sites (tertiary alicyclic amines) is 1. The fourth-order valence-electron chi connectivity index (χ4n) is 4.00. The van der Waals surface area contributed by atoms with Crippen LogP contribution in [-0.2, 0) is 0 Å². The van der Waals surface area contributed by atoms with Crippen LogP contribution in [-0.4, -0.2) is 47.3 Å². The van der Waals surface area contributed by atoms with E-state index in [0.717, 1.165) is 31.7 Å². The third-order valence-electron chi connectivity index (χ3n) is 5.57. The zero-order valence-electron chi connectivity index (χ0n) is 15.4. The quantitative estimate of drug-likeness (QED) is 0.849. The van der Waals surface area contributed by atoms with Crippen molar-refractivity contribution in [3.05, 3.63) is 17.8 Å². The van der Waals surface area contributed by atoms with E-state index in [0.29, 0.717) is 11.4 Å². The molecule has 0 aromatic carbocycles. The first-order valence-electron chi connectivity index (χ1n) is 8.98. The van der Waals surface area contributed by atoms with E-state index in [1.807, 2.05) is 6.07 Å². The van der Waals surface area contributed by atoms with Crippen LogP contribution < -0.4 is 10.2 Å². The molecule has 3 heterocycles. The normalized spacial score (nSPS) is 22.8. The van der Waals surface area contributed by atoms with Crippen LogP contribution in [0, 0.1) is 12.8 Å². The van der Waals surface area contributed by atoms with Crippen molar-refractivity contribution in [2.24, 2.45) is 5.92 Å². The molecule has 0 unspecified atom stereocenters. The summed E-state index contributed by atoms with van der Waals surface area (Å²) >= 11 is 0. The minimum Gasteiger partial charge on any atom is -0.357 e. The number of pyridine rings is 1. The number of nitrogens with zero attached hydrogens (tertiary/aromatic N) is 3. The number of carbonyl (C=O) groups excluding carboxylic acids is 1. The van der Waals surface area contributed by atoms with Crippen LogP contribution in [0.3, 0.4) is 0 Å². The molecule has 0 spiro atoms. The molecule has 1 N–H and O–H groups in total. The van der Waals surface area contributed by atoms with Gasteiger partial charge >= 0.3 is 12.2 Å². The Hall–Kier alpha value is -1.99. The topological polar surface area (TPSA) is 48.5 Å². The van der Waals surface area contributed by atoms with Crippen LogP contribution >= 0.6 is 0 Å². The molecule has 1 atom stereocenters. The van der Waals surface area contributed by atoms with Crippen molar-refractivity contribution in [1.82, 2.24) is 9.88 Å². The standard InChI is InChI=1S/C18H25F3N4O/c1-12-13(6-7-15(22-12)24-9-4-5-10-24)23-16(26)25-11-8-14(17(25,2)3)18(19,20)21/h6-7,14H,4-5,8-11H2,1-3H3,(H,23,26)/t14-/m1/s1. The van der Waals surface area contributed by atoms with Gasteiger partial charge in [-0.3, -0.25) is 0 Å². The molecule has 3 rings (SSSR count). The van der Waals surface area contributed by atoms with Gasteiger partial charge in [0.2, 0.25) is 0 Å². The Morgan fingerprint density at radius 2 is 1.88 bits per heavy atom. The fourth-order valence-corrected chi connectivity index (χ4v) is 4.00. The summed E-state index contributed by atoms with van der Waals surface area (Å²) in [5, 5.41) is 2.74. The summed E-state index contributed by atoms with van der Waals surface area (Å²) in [6.45, 7) is 6.76. The van der Waals surface area contributed by atoms with Gasteiger partial charge in [-0.15, -0.1) is 0 Å². The lowest BCUT2D eigenvalue weighted by atomic mass is 9.88. The van der Waals surface area contributed by atoms with Crippen molar-refractivity contribution < 1.29 is 18.0 Å². The molecule has 1 aromatic heterocycles. The SMILES string of the molecule is Cc1nc(N2CCCC2)ccc1NC(=O)N1CC[C@@H](C(F)(F)F)C1(C)C. The number of amides is 2. The minimum absolute atomic E-state index is 0.0744. The van der Waals surface area contributed by atoms with Crippen LogP contribution in [0.5, 0.6) is 0 Å². The van der Waals surface area contributed by atoms with Gasteiger partial charge < -0.3 is 15.1 Å². The highest BCUT2D eigenvalue weighted by atomic mass is 19.4. The van der Waals surface area contributed by atoms with Gasteiger partial charge in [0.05, 0.1) is 22.8 Å². The van der Waals surface area contributed by atoms with Crippen LogP contribution in [0.25, 0.3) is 0 Å². The molecule has 0 bridgehead atoms. The smallest absolute Gasteiger partial charge is 0.357 e. The molecule has 8 heteroatoms. The zero-order valence-corrected chi connectivity index (χ0v) is 15.4. The van der Waals surface area contributed by atoms with Crippen LogP contribution in [0.1, 0.15) is 38.8 Å². The monoisotopic (exact) mass is 370 g/mol. The summed E-state index contributed by atoms with van der Waals surface area (Å²) in [5.74, 6) is -0.644. The second-order valence-electron chi connectivity index (χ2n) is 7.61. The number of halogens is 3. The molecular formula is C18H25F3N4O. The van der Waals surface area contributed by atoms with Crippen LogP contribution in [0.2, 0.25) is 0 Å². The number of rotatable bonds is 2. The van der Waals surface area contributed by atoms with E-state index in [2.05, 4.69) is 15.2 Å². The number of hydrogen-bond acceptors (Lipinski definition) is 3. The highest BCUT2D eigenvalue weighted by molar-refractivity contribution is 5.90. The number of aryl methyl sites for hydroxylation is 1. The summed E-state index contributed by atoms with van der Waals surface area (Å²) in [6.07, 6.45) is -2.10. The summed E-state index contributed by atoms with van der Waals surface area (Å²) < 4.78 is 39.6. The highest BCUT2D eigenvalue weighted by Gasteiger charge is 2.56. The van der Waals surface area contributed by atoms with E-state index < -0.39 is 23.7 Å². The van der Waals surface area contributed by atoms with Gasteiger partial charge in [-0.25, -0.2) is 9.78 Å². The summed E-state index contributed by atoms with van der Waals surface area (Å²) in [7, 11) is 0. The number of hydrogen-bond donors (Lipinski definition) is 1. The predicted molar refractivity (Wildman–Crippen MR) is 94.4 cm³/mol. The number of urea groups is 1. The minimum atomic E-state index is -4.31. The fraction of sp³-hybridized carbons (Fsp3) is 0.667. The predicted octanol–water partition coefficient (Wildman–Crippen LogP) is 4.18. The molecule has 0 radical (unpaired) electrons. The molecule has 0 aliphatic carbocycles. The van der Waals surface area contributed by atoms with Crippen molar-refractivity contribution in [1.29, 1.82) is 0 Å². The average Bonchev–Trinajstić information content (AvgIpc) is 3.15. The van der Waals surface area contributed by atoms with Gasteiger partial charge in [0.1, 0.15) is 5.82 Å². The Bertz CT molecular complexity index is 684. The number of alkyl halides is 3. The van der Waals surface area contributed by atoms with E-state index in [-0.39, 0.29) is 13.0 Å². The van der Waals surface area contributed by atoms with Gasteiger partial charge in [0.15, 0.2) is 0 Å². The second-order valence-corrected chi connectivity index (χ2v) is 7.61. The zero-order chi connectivity index (χ0) is 19.1. The third kappa shape index (κ3) is 3.46. The molecule has 5 nitrogen and oxygen atoms in total. The van der Waals surface area contributed by atoms with Gasteiger partial charge in [0.25, 0.3) is 0 Å². The van der Waals surface area contributed by atoms with Crippen LogP contribution in [0.4, 0.5) is 29.5 Å². The molecular weight excluding hydrogens is 345 g/mol. The first kappa shape index (κ1) is 18.8. The number of carbonyl (C=O) groups is 1. The third-order valence-corrected chi connectivity index (χ3v) is 5.57. The van der Waals surface area contributed by atoms with Crippen LogP contribution in [0.15, 0.2) is 12.1 Å². The highest BCUT2D eigenvalue weighted by Crippen LogP contribution is 2.44. The Morgan fingerprint density at radius 3 is 2.42 bits per heavy atom. The molecule has 2 fully saturated rings. The maximum absolute atomic E-state index is 13.2. The molecule has 2 saturated heterocycles. The number of aromatic nitrogens is 1. The largest absolute Gasteiger partial charge is 0.394 e. The Kier molecular flexibility index (Phi) is 4.79. The first-order valence-corrected chi connectivity index (χ1v) is 8.98. The molecule has 1 aromatic rings. The van der Waals surface area contributed by atoms with E-state index >= 15 is 0 Å². The van der Waals surface area contributed by atoms with E-state index in [1.165, 1.54) is 18.7 Å². The van der Waals surface area contributed by atoms with Crippen molar-refractivity contribution in [3.8, 4) is 0 Å². The summed E-state index contributed by atoms with van der Waals surface area (Å²) in [6, 6.07) is 3.11. The summed E-state index contributed by atoms with van der Waals surface area (Å²) in [5.41, 5.74) is -0.0876.